The lowest BCUT2D eigenvalue weighted by Gasteiger charge is -2.08. The SMILES string of the molecule is COc1ccc(CCCCCC(C(N)=O)C(=O)O)cc1.Cc1ccc(CCCCCC(C(N)=O)C(=O)O)cc1.NC(=O)C(CCCCCc1ccccc1)C(=O)O. The molecule has 312 valence electrons. The molecular formula is C44H61N3O10. The van der Waals surface area contributed by atoms with Gasteiger partial charge >= 0.3 is 17.9 Å². The Morgan fingerprint density at radius 1 is 0.474 bits per heavy atom. The zero-order valence-corrected chi connectivity index (χ0v) is 33.3. The molecular weight excluding hydrogens is 730 g/mol. The van der Waals surface area contributed by atoms with Crippen molar-refractivity contribution in [2.24, 2.45) is 35.0 Å². The molecule has 0 aromatic heterocycles. The lowest BCUT2D eigenvalue weighted by atomic mass is 9.99. The summed E-state index contributed by atoms with van der Waals surface area (Å²) >= 11 is 0. The normalized spacial score (nSPS) is 12.0. The van der Waals surface area contributed by atoms with E-state index >= 15 is 0 Å². The highest BCUT2D eigenvalue weighted by Crippen LogP contribution is 2.17. The molecule has 3 unspecified atom stereocenters. The van der Waals surface area contributed by atoms with Crippen molar-refractivity contribution < 1.29 is 48.8 Å². The van der Waals surface area contributed by atoms with Crippen LogP contribution in [0.15, 0.2) is 78.9 Å². The van der Waals surface area contributed by atoms with E-state index in [4.69, 9.17) is 37.3 Å². The number of carbonyl (C=O) groups excluding carboxylic acids is 3. The number of carboxylic acids is 3. The van der Waals surface area contributed by atoms with Gasteiger partial charge in [-0.1, -0.05) is 111 Å². The standard InChI is InChI=1S/C15H21NO4.C15H21NO3.C14H19NO3/c1-20-12-9-7-11(8-10-12)5-3-2-4-6-13(14(16)17)15(18)19;1-11-7-9-12(10-8-11)5-3-2-4-6-13(14(16)17)15(18)19;15-13(16)12(14(17)18)10-6-2-5-9-11-7-3-1-4-8-11/h7-10,13H,2-6H2,1H3,(H2,16,17)(H,18,19);7-10,13H,2-6H2,1H3,(H2,16,17)(H,18,19);1,3-4,7-8,12H,2,5-6,9-10H2,(H2,15,16)(H,17,18). The van der Waals surface area contributed by atoms with Crippen molar-refractivity contribution in [2.75, 3.05) is 7.11 Å². The van der Waals surface area contributed by atoms with Gasteiger partial charge < -0.3 is 37.3 Å². The van der Waals surface area contributed by atoms with Crippen molar-refractivity contribution in [3.8, 4) is 5.75 Å². The first-order valence-corrected chi connectivity index (χ1v) is 19.4. The fraction of sp³-hybridized carbons (Fsp3) is 0.455. The van der Waals surface area contributed by atoms with Crippen molar-refractivity contribution in [1.29, 1.82) is 0 Å². The van der Waals surface area contributed by atoms with Crippen LogP contribution in [-0.4, -0.2) is 58.1 Å². The van der Waals surface area contributed by atoms with Gasteiger partial charge in [-0.3, -0.25) is 28.8 Å². The van der Waals surface area contributed by atoms with Crippen LogP contribution in [-0.2, 0) is 48.0 Å². The van der Waals surface area contributed by atoms with Gasteiger partial charge in [0.2, 0.25) is 17.7 Å². The molecule has 0 aliphatic rings. The summed E-state index contributed by atoms with van der Waals surface area (Å²) in [5.41, 5.74) is 20.1. The quantitative estimate of drug-likeness (QED) is 0.0416. The molecule has 0 fully saturated rings. The lowest BCUT2D eigenvalue weighted by Crippen LogP contribution is -2.30. The number of nitrogens with two attached hydrogens (primary N) is 3. The van der Waals surface area contributed by atoms with E-state index < -0.39 is 53.4 Å². The van der Waals surface area contributed by atoms with Crippen LogP contribution in [0, 0.1) is 24.7 Å². The summed E-state index contributed by atoms with van der Waals surface area (Å²) in [5.74, 6) is -7.93. The number of aliphatic carboxylic acids is 3. The summed E-state index contributed by atoms with van der Waals surface area (Å²) in [6, 6.07) is 26.4. The smallest absolute Gasteiger partial charge is 0.316 e. The van der Waals surface area contributed by atoms with Gasteiger partial charge in [-0.2, -0.15) is 0 Å². The average molecular weight is 792 g/mol. The van der Waals surface area contributed by atoms with Gasteiger partial charge in [0.1, 0.15) is 23.5 Å². The Bertz CT molecular complexity index is 1600. The second-order valence-electron chi connectivity index (χ2n) is 14.0. The molecule has 0 saturated carbocycles. The number of hydrogen-bond donors (Lipinski definition) is 6. The van der Waals surface area contributed by atoms with Crippen molar-refractivity contribution in [3.63, 3.8) is 0 Å². The molecule has 57 heavy (non-hydrogen) atoms. The molecule has 9 N–H and O–H groups in total. The van der Waals surface area contributed by atoms with Gasteiger partial charge in [0.15, 0.2) is 0 Å². The zero-order valence-electron chi connectivity index (χ0n) is 33.3. The largest absolute Gasteiger partial charge is 0.497 e. The van der Waals surface area contributed by atoms with Crippen LogP contribution in [0.2, 0.25) is 0 Å². The van der Waals surface area contributed by atoms with E-state index in [-0.39, 0.29) is 0 Å². The van der Waals surface area contributed by atoms with Crippen molar-refractivity contribution >= 4 is 35.6 Å². The van der Waals surface area contributed by atoms with Gasteiger partial charge in [-0.15, -0.1) is 0 Å². The van der Waals surface area contributed by atoms with Gasteiger partial charge in [0.25, 0.3) is 0 Å². The Balaban J connectivity index is 0.000000428. The van der Waals surface area contributed by atoms with E-state index in [0.29, 0.717) is 38.5 Å². The zero-order chi connectivity index (χ0) is 42.6. The van der Waals surface area contributed by atoms with Crippen LogP contribution in [0.1, 0.15) is 99.3 Å². The number of primary amides is 3. The molecule has 3 atom stereocenters. The van der Waals surface area contributed by atoms with Gasteiger partial charge in [0, 0.05) is 0 Å². The summed E-state index contributed by atoms with van der Waals surface area (Å²) < 4.78 is 5.08. The Morgan fingerprint density at radius 2 is 0.789 bits per heavy atom. The first kappa shape index (κ1) is 49.3. The minimum atomic E-state index is -1.13. The summed E-state index contributed by atoms with van der Waals surface area (Å²) in [4.78, 5) is 64.9. The van der Waals surface area contributed by atoms with Crippen LogP contribution < -0.4 is 21.9 Å². The number of carbonyl (C=O) groups is 6. The molecule has 0 radical (unpaired) electrons. The van der Waals surface area contributed by atoms with Crippen molar-refractivity contribution in [2.45, 2.75) is 103 Å². The van der Waals surface area contributed by atoms with Gasteiger partial charge in [-0.25, -0.2) is 0 Å². The number of hydrogen-bond acceptors (Lipinski definition) is 7. The molecule has 0 spiro atoms. The predicted octanol–water partition coefficient (Wildman–Crippen LogP) is 6.24. The third kappa shape index (κ3) is 22.4. The van der Waals surface area contributed by atoms with Crippen LogP contribution in [0.4, 0.5) is 0 Å². The van der Waals surface area contributed by atoms with Crippen LogP contribution in [0.5, 0.6) is 5.75 Å². The Kier molecular flexibility index (Phi) is 24.8. The molecule has 3 amide bonds. The second-order valence-corrected chi connectivity index (χ2v) is 14.0. The number of aryl methyl sites for hydroxylation is 4. The van der Waals surface area contributed by atoms with Crippen molar-refractivity contribution in [1.82, 2.24) is 0 Å². The van der Waals surface area contributed by atoms with E-state index in [9.17, 15) is 28.8 Å². The predicted molar refractivity (Wildman–Crippen MR) is 218 cm³/mol. The fourth-order valence-corrected chi connectivity index (χ4v) is 5.92. The molecule has 13 nitrogen and oxygen atoms in total. The third-order valence-corrected chi connectivity index (χ3v) is 9.42. The first-order valence-electron chi connectivity index (χ1n) is 19.4. The van der Waals surface area contributed by atoms with Crippen LogP contribution >= 0.6 is 0 Å². The molecule has 3 rings (SSSR count). The number of benzene rings is 3. The van der Waals surface area contributed by atoms with Crippen LogP contribution in [0.3, 0.4) is 0 Å². The second kappa shape index (κ2) is 28.7. The highest BCUT2D eigenvalue weighted by molar-refractivity contribution is 5.96. The maximum atomic E-state index is 10.9. The minimum absolute atomic E-state index is 0.313. The Morgan fingerprint density at radius 3 is 1.09 bits per heavy atom. The van der Waals surface area contributed by atoms with Gasteiger partial charge in [0.05, 0.1) is 7.11 Å². The molecule has 0 saturated heterocycles. The molecule has 0 aliphatic heterocycles. The average Bonchev–Trinajstić information content (AvgIpc) is 3.16. The van der Waals surface area contributed by atoms with E-state index in [1.165, 1.54) is 22.3 Å². The molecule has 13 heteroatoms. The molecule has 0 aliphatic carbocycles. The lowest BCUT2D eigenvalue weighted by molar-refractivity contribution is -0.148. The van der Waals surface area contributed by atoms with Crippen molar-refractivity contribution in [3.05, 3.63) is 101 Å². The minimum Gasteiger partial charge on any atom is -0.497 e. The fourth-order valence-electron chi connectivity index (χ4n) is 5.92. The summed E-state index contributed by atoms with van der Waals surface area (Å²) in [5, 5.41) is 26.4. The number of carboxylic acid groups (broad SMARTS) is 3. The first-order chi connectivity index (χ1) is 27.2. The maximum Gasteiger partial charge on any atom is 0.316 e. The summed E-state index contributed by atoms with van der Waals surface area (Å²) in [6.07, 6.45) is 11.6. The summed E-state index contributed by atoms with van der Waals surface area (Å²) in [6.45, 7) is 2.06. The number of rotatable bonds is 25. The van der Waals surface area contributed by atoms with E-state index in [1.807, 2.05) is 42.5 Å². The number of amides is 3. The van der Waals surface area contributed by atoms with E-state index in [0.717, 1.165) is 63.5 Å². The highest BCUT2D eigenvalue weighted by atomic mass is 16.5. The number of unbranched alkanes of at least 4 members (excludes halogenated alkanes) is 6. The topological polar surface area (TPSA) is 250 Å². The third-order valence-electron chi connectivity index (χ3n) is 9.42. The number of ether oxygens (including phenoxy) is 1. The van der Waals surface area contributed by atoms with E-state index in [1.54, 1.807) is 7.11 Å². The molecule has 0 heterocycles. The molecule has 3 aromatic rings. The maximum absolute atomic E-state index is 10.9. The number of methoxy groups -OCH3 is 1. The Labute approximate surface area is 336 Å². The molecule has 0 bridgehead atoms. The monoisotopic (exact) mass is 791 g/mol. The summed E-state index contributed by atoms with van der Waals surface area (Å²) in [7, 11) is 1.63. The Hall–Kier alpha value is -5.72. The highest BCUT2D eigenvalue weighted by Gasteiger charge is 2.24. The van der Waals surface area contributed by atoms with Gasteiger partial charge in [-0.05, 0) is 93.5 Å². The molecule has 3 aromatic carbocycles. The van der Waals surface area contributed by atoms with Crippen LogP contribution in [0.25, 0.3) is 0 Å². The van der Waals surface area contributed by atoms with E-state index in [2.05, 4.69) is 43.3 Å².